The second kappa shape index (κ2) is 7.01. The predicted octanol–water partition coefficient (Wildman–Crippen LogP) is 4.13. The largest absolute Gasteiger partial charge is 0.422 e. The van der Waals surface area contributed by atoms with E-state index in [9.17, 15) is 22.8 Å². The first-order valence-electron chi connectivity index (χ1n) is 8.98. The lowest BCUT2D eigenvalue weighted by Gasteiger charge is -2.19. The van der Waals surface area contributed by atoms with E-state index < -0.39 is 23.3 Å². The summed E-state index contributed by atoms with van der Waals surface area (Å²) in [5, 5.41) is 4.98. The number of benzene rings is 2. The molecule has 0 bridgehead atoms. The molecule has 6 nitrogen and oxygen atoms in total. The van der Waals surface area contributed by atoms with Crippen LogP contribution in [0.1, 0.15) is 11.1 Å². The van der Waals surface area contributed by atoms with Crippen molar-refractivity contribution in [1.82, 2.24) is 9.78 Å². The number of aromatic nitrogens is 2. The van der Waals surface area contributed by atoms with Crippen molar-refractivity contribution < 1.29 is 22.4 Å². The topological polar surface area (TPSA) is 68.3 Å². The molecular formula is C21H16F3N3O3. The SMILES string of the molecule is Cc1ccc2oc(=O)c3cnn(CC(=O)N(C)c4cccc(C(F)(F)F)c4)c3c2c1. The number of anilines is 1. The number of carbonyl (C=O) groups excluding carboxylic acids is 1. The van der Waals surface area contributed by atoms with Crippen molar-refractivity contribution in [2.45, 2.75) is 19.6 Å². The Labute approximate surface area is 168 Å². The maximum atomic E-state index is 13.0. The monoisotopic (exact) mass is 415 g/mol. The first-order valence-corrected chi connectivity index (χ1v) is 8.98. The first kappa shape index (κ1) is 19.7. The van der Waals surface area contributed by atoms with Crippen LogP contribution in [0.15, 0.2) is 57.9 Å². The van der Waals surface area contributed by atoms with Crippen molar-refractivity contribution in [3.63, 3.8) is 0 Å². The van der Waals surface area contributed by atoms with E-state index in [1.807, 2.05) is 13.0 Å². The molecule has 2 heterocycles. The Morgan fingerprint density at radius 1 is 1.17 bits per heavy atom. The van der Waals surface area contributed by atoms with Gasteiger partial charge in [0.2, 0.25) is 5.91 Å². The molecule has 0 N–H and O–H groups in total. The fraction of sp³-hybridized carbons (Fsp3) is 0.190. The van der Waals surface area contributed by atoms with Crippen LogP contribution in [0.5, 0.6) is 0 Å². The van der Waals surface area contributed by atoms with Crippen LogP contribution in [0.25, 0.3) is 21.9 Å². The summed E-state index contributed by atoms with van der Waals surface area (Å²) in [5.41, 5.74) is 0.410. The van der Waals surface area contributed by atoms with Gasteiger partial charge in [0, 0.05) is 18.1 Å². The Hall–Kier alpha value is -3.62. The van der Waals surface area contributed by atoms with Crippen molar-refractivity contribution in [2.24, 2.45) is 0 Å². The van der Waals surface area contributed by atoms with Crippen LogP contribution in [-0.2, 0) is 17.5 Å². The number of aryl methyl sites for hydroxylation is 1. The van der Waals surface area contributed by atoms with E-state index in [0.29, 0.717) is 16.5 Å². The molecule has 0 unspecified atom stereocenters. The van der Waals surface area contributed by atoms with Crippen molar-refractivity contribution in [3.05, 3.63) is 70.2 Å². The molecule has 2 aromatic carbocycles. The van der Waals surface area contributed by atoms with Crippen molar-refractivity contribution >= 4 is 33.5 Å². The van der Waals surface area contributed by atoms with Gasteiger partial charge in [-0.25, -0.2) is 4.79 Å². The number of carbonyl (C=O) groups is 1. The number of hydrogen-bond acceptors (Lipinski definition) is 4. The Balaban J connectivity index is 1.73. The quantitative estimate of drug-likeness (QED) is 0.472. The molecule has 2 aromatic heterocycles. The molecule has 0 aliphatic rings. The third-order valence-corrected chi connectivity index (χ3v) is 4.87. The summed E-state index contributed by atoms with van der Waals surface area (Å²) in [6, 6.07) is 9.79. The molecule has 4 aromatic rings. The molecule has 1 amide bonds. The Bertz CT molecular complexity index is 1340. The number of alkyl halides is 3. The molecule has 0 atom stereocenters. The van der Waals surface area contributed by atoms with Crippen molar-refractivity contribution in [2.75, 3.05) is 11.9 Å². The fourth-order valence-corrected chi connectivity index (χ4v) is 3.28. The molecule has 30 heavy (non-hydrogen) atoms. The highest BCUT2D eigenvalue weighted by molar-refractivity contribution is 6.03. The molecule has 0 spiro atoms. The molecule has 0 radical (unpaired) electrons. The molecule has 0 aliphatic heterocycles. The lowest BCUT2D eigenvalue weighted by Crippen LogP contribution is -2.30. The lowest BCUT2D eigenvalue weighted by molar-refractivity contribution is -0.137. The van der Waals surface area contributed by atoms with Crippen molar-refractivity contribution in [1.29, 1.82) is 0 Å². The highest BCUT2D eigenvalue weighted by Crippen LogP contribution is 2.31. The average Bonchev–Trinajstić information content (AvgIpc) is 3.12. The molecular weight excluding hydrogens is 399 g/mol. The van der Waals surface area contributed by atoms with Crippen LogP contribution in [-0.4, -0.2) is 22.7 Å². The van der Waals surface area contributed by atoms with Crippen LogP contribution in [0.4, 0.5) is 18.9 Å². The summed E-state index contributed by atoms with van der Waals surface area (Å²) in [4.78, 5) is 26.2. The Kier molecular flexibility index (Phi) is 4.60. The van der Waals surface area contributed by atoms with Crippen molar-refractivity contribution in [3.8, 4) is 0 Å². The van der Waals surface area contributed by atoms with Gasteiger partial charge in [-0.15, -0.1) is 0 Å². The van der Waals surface area contributed by atoms with Crippen LogP contribution in [0.2, 0.25) is 0 Å². The smallest absolute Gasteiger partial charge is 0.416 e. The molecule has 4 rings (SSSR count). The zero-order valence-corrected chi connectivity index (χ0v) is 16.0. The summed E-state index contributed by atoms with van der Waals surface area (Å²) >= 11 is 0. The van der Waals surface area contributed by atoms with Gasteiger partial charge in [-0.05, 0) is 37.3 Å². The zero-order chi connectivity index (χ0) is 21.6. The van der Waals surface area contributed by atoms with Gasteiger partial charge in [0.15, 0.2) is 0 Å². The third kappa shape index (κ3) is 3.42. The second-order valence-electron chi connectivity index (χ2n) is 6.95. The number of amides is 1. The number of nitrogens with zero attached hydrogens (tertiary/aromatic N) is 3. The van der Waals surface area contributed by atoms with Gasteiger partial charge in [-0.2, -0.15) is 18.3 Å². The first-order chi connectivity index (χ1) is 14.1. The second-order valence-corrected chi connectivity index (χ2v) is 6.95. The van der Waals surface area contributed by atoms with Crippen LogP contribution < -0.4 is 10.5 Å². The van der Waals surface area contributed by atoms with Gasteiger partial charge in [0.05, 0.1) is 17.3 Å². The molecule has 0 fully saturated rings. The molecule has 9 heteroatoms. The predicted molar refractivity (Wildman–Crippen MR) is 105 cm³/mol. The van der Waals surface area contributed by atoms with Gasteiger partial charge in [-0.3, -0.25) is 9.48 Å². The van der Waals surface area contributed by atoms with Gasteiger partial charge in [0.25, 0.3) is 0 Å². The van der Waals surface area contributed by atoms with Crippen LogP contribution >= 0.6 is 0 Å². The highest BCUT2D eigenvalue weighted by atomic mass is 19.4. The van der Waals surface area contributed by atoms with E-state index in [4.69, 9.17) is 4.42 Å². The summed E-state index contributed by atoms with van der Waals surface area (Å²) in [7, 11) is 1.39. The van der Waals surface area contributed by atoms with Gasteiger partial charge in [0.1, 0.15) is 17.5 Å². The summed E-state index contributed by atoms with van der Waals surface area (Å²) in [6.07, 6.45) is -3.19. The van der Waals surface area contributed by atoms with Crippen LogP contribution in [0.3, 0.4) is 0 Å². The van der Waals surface area contributed by atoms with E-state index in [0.717, 1.165) is 22.6 Å². The number of halogens is 3. The third-order valence-electron chi connectivity index (χ3n) is 4.87. The minimum Gasteiger partial charge on any atom is -0.422 e. The number of fused-ring (bicyclic) bond motifs is 3. The summed E-state index contributed by atoms with van der Waals surface area (Å²) in [6.45, 7) is 1.62. The number of hydrogen-bond donors (Lipinski definition) is 0. The molecule has 0 saturated carbocycles. The zero-order valence-electron chi connectivity index (χ0n) is 16.0. The van der Waals surface area contributed by atoms with E-state index in [1.165, 1.54) is 30.1 Å². The van der Waals surface area contributed by atoms with E-state index >= 15 is 0 Å². The standard InChI is InChI=1S/C21H16F3N3O3/c1-12-6-7-17-15(8-12)19-16(20(29)30-17)10-25-27(19)11-18(28)26(2)14-5-3-4-13(9-14)21(22,23)24/h3-10H,11H2,1-2H3. The average molecular weight is 415 g/mol. The molecule has 0 aliphatic carbocycles. The molecule has 0 saturated heterocycles. The van der Waals surface area contributed by atoms with Gasteiger partial charge in [-0.1, -0.05) is 17.7 Å². The maximum absolute atomic E-state index is 13.0. The highest BCUT2D eigenvalue weighted by Gasteiger charge is 2.31. The van der Waals surface area contributed by atoms with Gasteiger partial charge >= 0.3 is 11.8 Å². The van der Waals surface area contributed by atoms with E-state index in [-0.39, 0.29) is 17.6 Å². The Morgan fingerprint density at radius 2 is 1.93 bits per heavy atom. The minimum atomic E-state index is -4.51. The number of rotatable bonds is 3. The molecule has 154 valence electrons. The fourth-order valence-electron chi connectivity index (χ4n) is 3.28. The summed E-state index contributed by atoms with van der Waals surface area (Å²) < 4.78 is 45.6. The van der Waals surface area contributed by atoms with Crippen LogP contribution in [0, 0.1) is 6.92 Å². The normalized spacial score (nSPS) is 11.9. The minimum absolute atomic E-state index is 0.103. The van der Waals surface area contributed by atoms with Gasteiger partial charge < -0.3 is 9.32 Å². The maximum Gasteiger partial charge on any atom is 0.416 e. The summed E-state index contributed by atoms with van der Waals surface area (Å²) in [5.74, 6) is -0.492. The lowest BCUT2D eigenvalue weighted by atomic mass is 10.1. The van der Waals surface area contributed by atoms with E-state index in [1.54, 1.807) is 12.1 Å². The number of likely N-dealkylation sites (N-methyl/N-ethyl adjacent to an activating group) is 1. The Morgan fingerprint density at radius 3 is 2.67 bits per heavy atom. The van der Waals surface area contributed by atoms with E-state index in [2.05, 4.69) is 5.10 Å².